The molecule has 6 aliphatic rings. The summed E-state index contributed by atoms with van der Waals surface area (Å²) in [6.45, 7) is 7.97. The summed E-state index contributed by atoms with van der Waals surface area (Å²) in [5, 5.41) is 32.9. The van der Waals surface area contributed by atoms with E-state index < -0.39 is 5.72 Å². The number of hydrogen-bond donors (Lipinski definition) is 3. The molecule has 4 unspecified atom stereocenters. The van der Waals surface area contributed by atoms with Gasteiger partial charge >= 0.3 is 0 Å². The summed E-state index contributed by atoms with van der Waals surface area (Å²) in [6.07, 6.45) is 14.6. The second kappa shape index (κ2) is 8.16. The van der Waals surface area contributed by atoms with Crippen LogP contribution in [0, 0.1) is 34.5 Å². The molecule has 5 heteroatoms. The van der Waals surface area contributed by atoms with Crippen molar-refractivity contribution in [3.63, 3.8) is 0 Å². The van der Waals surface area contributed by atoms with Crippen molar-refractivity contribution >= 4 is 0 Å². The predicted octanol–water partition coefficient (Wildman–Crippen LogP) is 3.96. The molecule has 9 atom stereocenters. The van der Waals surface area contributed by atoms with Crippen molar-refractivity contribution in [3.8, 4) is 0 Å². The number of rotatable bonds is 2. The van der Waals surface area contributed by atoms with Gasteiger partial charge in [0.25, 0.3) is 0 Å². The van der Waals surface area contributed by atoms with Gasteiger partial charge in [-0.2, -0.15) is 0 Å². The first-order chi connectivity index (χ1) is 15.8. The molecule has 4 saturated carbocycles. The van der Waals surface area contributed by atoms with Gasteiger partial charge in [0.05, 0.1) is 18.4 Å². The van der Waals surface area contributed by atoms with Crippen LogP contribution >= 0.6 is 0 Å². The van der Waals surface area contributed by atoms with Crippen LogP contribution in [0.4, 0.5) is 0 Å². The largest absolute Gasteiger partial charge is 0.393 e. The maximum absolute atomic E-state index is 12.5. The maximum atomic E-state index is 12.5. The van der Waals surface area contributed by atoms with Crippen molar-refractivity contribution in [1.29, 1.82) is 0 Å². The molecule has 6 rings (SSSR count). The van der Waals surface area contributed by atoms with Crippen molar-refractivity contribution in [1.82, 2.24) is 9.80 Å². The maximum Gasteiger partial charge on any atom is 0.125 e. The number of aliphatic hydroxyl groups is 3. The monoisotopic (exact) mass is 460 g/mol. The minimum absolute atomic E-state index is 0.0105. The number of nitrogens with zero attached hydrogens (tertiary/aromatic N) is 2. The van der Waals surface area contributed by atoms with Crippen LogP contribution in [0.5, 0.6) is 0 Å². The molecule has 0 radical (unpaired) electrons. The molecular weight excluding hydrogens is 412 g/mol. The molecule has 4 aliphatic carbocycles. The minimum Gasteiger partial charge on any atom is -0.393 e. The Hall–Kier alpha value is -0.200. The molecular formula is C28H48N2O3. The number of fused-ring (bicyclic) bond motifs is 5. The quantitative estimate of drug-likeness (QED) is 0.582. The lowest BCUT2D eigenvalue weighted by molar-refractivity contribution is -0.232. The van der Waals surface area contributed by atoms with Gasteiger partial charge in [0.2, 0.25) is 0 Å². The first kappa shape index (κ1) is 23.2. The molecule has 2 saturated heterocycles. The Balaban J connectivity index is 1.24. The SMILES string of the molecule is C[C@]12CCC(O)CC1CC[C@@H]1[C@H]2CC[C@@]2(C)[C@H]1CCC2(O)N1CCCC1N1CCC(O)CC1. The fraction of sp³-hybridized carbons (Fsp3) is 1.00. The molecule has 0 aromatic heterocycles. The average Bonchev–Trinajstić information content (AvgIpc) is 3.39. The van der Waals surface area contributed by atoms with Gasteiger partial charge in [0.1, 0.15) is 5.72 Å². The van der Waals surface area contributed by atoms with Gasteiger partial charge in [-0.05, 0) is 113 Å². The van der Waals surface area contributed by atoms with Crippen LogP contribution in [0.2, 0.25) is 0 Å². The third-order valence-electron chi connectivity index (χ3n) is 12.4. The van der Waals surface area contributed by atoms with E-state index >= 15 is 0 Å². The van der Waals surface area contributed by atoms with Gasteiger partial charge in [0.15, 0.2) is 0 Å². The van der Waals surface area contributed by atoms with Crippen molar-refractivity contribution in [2.45, 2.75) is 121 Å². The van der Waals surface area contributed by atoms with Gasteiger partial charge < -0.3 is 15.3 Å². The van der Waals surface area contributed by atoms with Gasteiger partial charge in [-0.3, -0.25) is 9.80 Å². The molecule has 6 fully saturated rings. The minimum atomic E-state index is -0.680. The highest BCUT2D eigenvalue weighted by atomic mass is 16.3. The van der Waals surface area contributed by atoms with Crippen LogP contribution < -0.4 is 0 Å². The van der Waals surface area contributed by atoms with Crippen LogP contribution in [-0.4, -0.2) is 68.9 Å². The van der Waals surface area contributed by atoms with E-state index in [1.165, 1.54) is 38.5 Å². The number of aliphatic hydroxyl groups excluding tert-OH is 2. The first-order valence-corrected chi connectivity index (χ1v) is 14.4. The van der Waals surface area contributed by atoms with Crippen LogP contribution in [0.3, 0.4) is 0 Å². The van der Waals surface area contributed by atoms with E-state index in [4.69, 9.17) is 0 Å². The van der Waals surface area contributed by atoms with E-state index in [2.05, 4.69) is 23.6 Å². The average molecular weight is 461 g/mol. The van der Waals surface area contributed by atoms with Crippen molar-refractivity contribution in [3.05, 3.63) is 0 Å². The Morgan fingerprint density at radius 1 is 0.727 bits per heavy atom. The van der Waals surface area contributed by atoms with E-state index in [0.717, 1.165) is 76.4 Å². The van der Waals surface area contributed by atoms with Crippen molar-refractivity contribution < 1.29 is 15.3 Å². The van der Waals surface area contributed by atoms with E-state index in [1.807, 2.05) is 0 Å². The Labute approximate surface area is 200 Å². The fourth-order valence-electron chi connectivity index (χ4n) is 10.4. The number of likely N-dealkylation sites (tertiary alicyclic amines) is 2. The third kappa shape index (κ3) is 3.35. The Bertz CT molecular complexity index is 741. The van der Waals surface area contributed by atoms with Gasteiger partial charge in [-0.1, -0.05) is 13.8 Å². The predicted molar refractivity (Wildman–Crippen MR) is 129 cm³/mol. The molecule has 5 nitrogen and oxygen atoms in total. The zero-order valence-electron chi connectivity index (χ0n) is 21.1. The molecule has 33 heavy (non-hydrogen) atoms. The molecule has 2 aliphatic heterocycles. The molecule has 0 bridgehead atoms. The summed E-state index contributed by atoms with van der Waals surface area (Å²) in [5.41, 5.74) is -0.293. The molecule has 0 aromatic rings. The summed E-state index contributed by atoms with van der Waals surface area (Å²) < 4.78 is 0. The number of hydrogen-bond acceptors (Lipinski definition) is 5. The van der Waals surface area contributed by atoms with E-state index in [1.54, 1.807) is 0 Å². The highest BCUT2D eigenvalue weighted by Crippen LogP contribution is 2.69. The van der Waals surface area contributed by atoms with E-state index in [-0.39, 0.29) is 17.6 Å². The zero-order chi connectivity index (χ0) is 23.0. The van der Waals surface area contributed by atoms with Crippen LogP contribution in [0.15, 0.2) is 0 Å². The molecule has 0 amide bonds. The van der Waals surface area contributed by atoms with Crippen molar-refractivity contribution in [2.24, 2.45) is 34.5 Å². The van der Waals surface area contributed by atoms with Gasteiger partial charge in [0, 0.05) is 25.0 Å². The van der Waals surface area contributed by atoms with Crippen LogP contribution in [0.1, 0.15) is 97.3 Å². The topological polar surface area (TPSA) is 67.2 Å². The fourth-order valence-corrected chi connectivity index (χ4v) is 10.4. The summed E-state index contributed by atoms with van der Waals surface area (Å²) in [7, 11) is 0. The third-order valence-corrected chi connectivity index (χ3v) is 12.4. The normalized spacial score (nSPS) is 54.1. The lowest BCUT2D eigenvalue weighted by Gasteiger charge is -2.62. The van der Waals surface area contributed by atoms with E-state index in [9.17, 15) is 15.3 Å². The molecule has 3 N–H and O–H groups in total. The summed E-state index contributed by atoms with van der Waals surface area (Å²) in [6, 6.07) is 0. The molecule has 2 heterocycles. The summed E-state index contributed by atoms with van der Waals surface area (Å²) >= 11 is 0. The van der Waals surface area contributed by atoms with Crippen LogP contribution in [-0.2, 0) is 0 Å². The lowest BCUT2D eigenvalue weighted by atomic mass is 9.44. The Morgan fingerprint density at radius 3 is 2.27 bits per heavy atom. The standard InChI is InChI=1S/C28H48N2O3/c1-26-12-7-21(32)18-19(26)5-6-22-23(26)8-13-27(2)24(22)9-14-28(27,33)30-15-3-4-25(30)29-16-10-20(31)11-17-29/h19-25,31-33H,3-18H2,1-2H3/t19?,21?,22-,23-,24+,25?,26+,27+,28?/m1/s1. The highest BCUT2D eigenvalue weighted by Gasteiger charge is 2.67. The molecule has 0 spiro atoms. The summed E-state index contributed by atoms with van der Waals surface area (Å²) in [4.78, 5) is 5.11. The second-order valence-corrected chi connectivity index (χ2v) is 13.5. The Morgan fingerprint density at radius 2 is 1.48 bits per heavy atom. The van der Waals surface area contributed by atoms with Crippen LogP contribution in [0.25, 0.3) is 0 Å². The molecule has 0 aromatic carbocycles. The highest BCUT2D eigenvalue weighted by molar-refractivity contribution is 5.14. The smallest absolute Gasteiger partial charge is 0.125 e. The number of piperidine rings is 1. The van der Waals surface area contributed by atoms with Gasteiger partial charge in [-0.15, -0.1) is 0 Å². The second-order valence-electron chi connectivity index (χ2n) is 13.5. The first-order valence-electron chi connectivity index (χ1n) is 14.4. The lowest BCUT2D eigenvalue weighted by Crippen LogP contribution is -2.65. The molecule has 188 valence electrons. The summed E-state index contributed by atoms with van der Waals surface area (Å²) in [5.74, 6) is 2.86. The van der Waals surface area contributed by atoms with E-state index in [0.29, 0.717) is 23.4 Å². The Kier molecular flexibility index (Phi) is 5.74. The van der Waals surface area contributed by atoms with Gasteiger partial charge in [-0.25, -0.2) is 0 Å². The van der Waals surface area contributed by atoms with Crippen molar-refractivity contribution in [2.75, 3.05) is 19.6 Å². The zero-order valence-corrected chi connectivity index (χ0v) is 21.1.